The first-order valence-electron chi connectivity index (χ1n) is 8.69. The Hall–Kier alpha value is -3.23. The highest BCUT2D eigenvalue weighted by atomic mass is 32.2. The summed E-state index contributed by atoms with van der Waals surface area (Å²) in [7, 11) is -3.95. The summed E-state index contributed by atoms with van der Waals surface area (Å²) in [4.78, 5) is 0.0844. The largest absolute Gasteiger partial charge is 0.378 e. The van der Waals surface area contributed by atoms with Crippen LogP contribution in [-0.2, 0) is 10.1 Å². The van der Waals surface area contributed by atoms with Gasteiger partial charge >= 0.3 is 10.1 Å². The van der Waals surface area contributed by atoms with Crippen LogP contribution < -0.4 is 14.9 Å². The van der Waals surface area contributed by atoms with Crippen LogP contribution in [0, 0.1) is 6.92 Å². The van der Waals surface area contributed by atoms with Crippen LogP contribution in [-0.4, -0.2) is 19.7 Å². The quantitative estimate of drug-likeness (QED) is 0.268. The van der Waals surface area contributed by atoms with E-state index >= 15 is 0 Å². The third-order valence-corrected chi connectivity index (χ3v) is 5.27. The lowest BCUT2D eigenvalue weighted by atomic mass is 10.2. The van der Waals surface area contributed by atoms with Gasteiger partial charge in [0.25, 0.3) is 0 Å². The topological polar surface area (TPSA) is 79.8 Å². The van der Waals surface area contributed by atoms with E-state index < -0.39 is 10.1 Å². The van der Waals surface area contributed by atoms with Crippen molar-refractivity contribution >= 4 is 39.4 Å². The van der Waals surface area contributed by atoms with Gasteiger partial charge in [-0.05, 0) is 55.5 Å². The van der Waals surface area contributed by atoms with Gasteiger partial charge in [0.05, 0.1) is 6.21 Å². The van der Waals surface area contributed by atoms with Crippen molar-refractivity contribution in [2.45, 2.75) is 11.8 Å². The van der Waals surface area contributed by atoms with E-state index in [4.69, 9.17) is 16.4 Å². The summed E-state index contributed by atoms with van der Waals surface area (Å²) < 4.78 is 30.4. The van der Waals surface area contributed by atoms with Gasteiger partial charge in [0.2, 0.25) is 0 Å². The molecule has 0 fully saturated rings. The van der Waals surface area contributed by atoms with Crippen molar-refractivity contribution in [2.75, 3.05) is 5.32 Å². The van der Waals surface area contributed by atoms with Crippen molar-refractivity contribution in [1.29, 1.82) is 0 Å². The molecule has 8 heteroatoms. The van der Waals surface area contributed by atoms with Gasteiger partial charge in [-0.3, -0.25) is 5.43 Å². The fraction of sp³-hybridized carbons (Fsp3) is 0.0476. The monoisotopic (exact) mass is 425 g/mol. The maximum Gasteiger partial charge on any atom is 0.339 e. The van der Waals surface area contributed by atoms with Crippen molar-refractivity contribution in [3.8, 4) is 5.75 Å². The Morgan fingerprint density at radius 2 is 1.62 bits per heavy atom. The maximum atomic E-state index is 12.5. The van der Waals surface area contributed by atoms with E-state index in [1.54, 1.807) is 36.4 Å². The molecule has 0 radical (unpaired) electrons. The highest BCUT2D eigenvalue weighted by Gasteiger charge is 2.17. The minimum absolute atomic E-state index is 0.0844. The lowest BCUT2D eigenvalue weighted by Crippen LogP contribution is -2.23. The molecule has 0 amide bonds. The van der Waals surface area contributed by atoms with Crippen molar-refractivity contribution in [2.24, 2.45) is 5.10 Å². The Bertz CT molecular complexity index is 1110. The number of benzene rings is 3. The molecule has 0 heterocycles. The second-order valence-corrected chi connectivity index (χ2v) is 8.03. The smallest absolute Gasteiger partial charge is 0.339 e. The zero-order chi connectivity index (χ0) is 20.7. The zero-order valence-corrected chi connectivity index (χ0v) is 17.2. The Balaban J connectivity index is 1.69. The van der Waals surface area contributed by atoms with E-state index in [2.05, 4.69) is 15.8 Å². The molecule has 0 aromatic heterocycles. The average Bonchev–Trinajstić information content (AvgIpc) is 2.70. The lowest BCUT2D eigenvalue weighted by Gasteiger charge is -2.10. The Labute approximate surface area is 175 Å². The number of hydrogen-bond donors (Lipinski definition) is 2. The molecule has 0 aliphatic heterocycles. The molecule has 3 aromatic rings. The summed E-state index contributed by atoms with van der Waals surface area (Å²) in [6.45, 7) is 1.88. The molecule has 148 valence electrons. The predicted molar refractivity (Wildman–Crippen MR) is 119 cm³/mol. The molecule has 0 saturated heterocycles. The molecule has 29 heavy (non-hydrogen) atoms. The van der Waals surface area contributed by atoms with Crippen LogP contribution >= 0.6 is 12.2 Å². The molecule has 6 nitrogen and oxygen atoms in total. The van der Waals surface area contributed by atoms with Crippen molar-refractivity contribution in [1.82, 2.24) is 5.43 Å². The molecule has 0 aliphatic carbocycles. The second kappa shape index (κ2) is 9.31. The number of para-hydroxylation sites is 2. The Kier molecular flexibility index (Phi) is 6.58. The summed E-state index contributed by atoms with van der Waals surface area (Å²) >= 11 is 5.18. The third kappa shape index (κ3) is 5.87. The van der Waals surface area contributed by atoms with Crippen LogP contribution in [0.5, 0.6) is 5.75 Å². The fourth-order valence-corrected chi connectivity index (χ4v) is 3.50. The summed E-state index contributed by atoms with van der Waals surface area (Å²) in [5.74, 6) is 0.167. The van der Waals surface area contributed by atoms with E-state index in [1.165, 1.54) is 18.3 Å². The molecule has 0 aliphatic rings. The SMILES string of the molecule is Cc1ccc(S(=O)(=O)Oc2ccccc2/C=N/NC(=S)Nc2ccccc2)cc1. The second-order valence-electron chi connectivity index (χ2n) is 6.08. The molecular weight excluding hydrogens is 406 g/mol. The van der Waals surface area contributed by atoms with E-state index in [0.717, 1.165) is 11.3 Å². The van der Waals surface area contributed by atoms with Crippen LogP contribution in [0.15, 0.2) is 88.9 Å². The summed E-state index contributed by atoms with van der Waals surface area (Å²) in [5, 5.41) is 7.35. The van der Waals surface area contributed by atoms with Gasteiger partial charge in [0.15, 0.2) is 10.9 Å². The number of hydrazone groups is 1. The summed E-state index contributed by atoms with van der Waals surface area (Å²) in [5.41, 5.74) is 4.96. The van der Waals surface area contributed by atoms with Crippen LogP contribution in [0.3, 0.4) is 0 Å². The van der Waals surface area contributed by atoms with E-state index in [0.29, 0.717) is 10.7 Å². The minimum Gasteiger partial charge on any atom is -0.378 e. The van der Waals surface area contributed by atoms with Gasteiger partial charge in [-0.1, -0.05) is 48.0 Å². The number of anilines is 1. The van der Waals surface area contributed by atoms with Gasteiger partial charge in [0.1, 0.15) is 4.90 Å². The highest BCUT2D eigenvalue weighted by Crippen LogP contribution is 2.22. The van der Waals surface area contributed by atoms with E-state index in [1.807, 2.05) is 37.3 Å². The molecule has 0 atom stereocenters. The van der Waals surface area contributed by atoms with Crippen molar-refractivity contribution in [3.63, 3.8) is 0 Å². The Morgan fingerprint density at radius 3 is 2.34 bits per heavy atom. The van der Waals surface area contributed by atoms with Gasteiger partial charge in [-0.15, -0.1) is 0 Å². The Morgan fingerprint density at radius 1 is 0.966 bits per heavy atom. The minimum atomic E-state index is -3.95. The van der Waals surface area contributed by atoms with Crippen LogP contribution in [0.1, 0.15) is 11.1 Å². The van der Waals surface area contributed by atoms with E-state index in [9.17, 15) is 8.42 Å². The molecule has 3 aromatic carbocycles. The summed E-state index contributed by atoms with van der Waals surface area (Å²) in [6.07, 6.45) is 1.44. The van der Waals surface area contributed by atoms with Gasteiger partial charge < -0.3 is 9.50 Å². The number of nitrogens with zero attached hydrogens (tertiary/aromatic N) is 1. The van der Waals surface area contributed by atoms with Gasteiger partial charge in [-0.2, -0.15) is 13.5 Å². The van der Waals surface area contributed by atoms with Crippen LogP contribution in [0.25, 0.3) is 0 Å². The van der Waals surface area contributed by atoms with Gasteiger partial charge in [0, 0.05) is 11.3 Å². The summed E-state index contributed by atoms with van der Waals surface area (Å²) in [6, 6.07) is 22.6. The maximum absolute atomic E-state index is 12.5. The number of hydrogen-bond acceptors (Lipinski definition) is 5. The van der Waals surface area contributed by atoms with Crippen molar-refractivity contribution in [3.05, 3.63) is 90.0 Å². The fourth-order valence-electron chi connectivity index (χ4n) is 2.38. The van der Waals surface area contributed by atoms with Gasteiger partial charge in [-0.25, -0.2) is 0 Å². The molecule has 0 saturated carbocycles. The number of rotatable bonds is 6. The number of aryl methyl sites for hydroxylation is 1. The normalized spacial score (nSPS) is 11.2. The van der Waals surface area contributed by atoms with Crippen LogP contribution in [0.4, 0.5) is 5.69 Å². The van der Waals surface area contributed by atoms with Crippen LogP contribution in [0.2, 0.25) is 0 Å². The molecule has 0 spiro atoms. The highest BCUT2D eigenvalue weighted by molar-refractivity contribution is 7.87. The first-order chi connectivity index (χ1) is 13.9. The molecule has 2 N–H and O–H groups in total. The first kappa shape index (κ1) is 20.5. The van der Waals surface area contributed by atoms with Crippen molar-refractivity contribution < 1.29 is 12.6 Å². The van der Waals surface area contributed by atoms with E-state index in [-0.39, 0.29) is 10.6 Å². The molecular formula is C21H19N3O3S2. The molecule has 3 rings (SSSR count). The zero-order valence-electron chi connectivity index (χ0n) is 15.6. The average molecular weight is 426 g/mol. The lowest BCUT2D eigenvalue weighted by molar-refractivity contribution is 0.485. The molecule has 0 unspecified atom stereocenters. The predicted octanol–water partition coefficient (Wildman–Crippen LogP) is 4.08. The number of nitrogens with one attached hydrogen (secondary N) is 2. The first-order valence-corrected chi connectivity index (χ1v) is 10.5. The number of thiocarbonyl (C=S) groups is 1. The third-order valence-electron chi connectivity index (χ3n) is 3.83. The standard InChI is InChI=1S/C21H19N3O3S2/c1-16-11-13-19(14-12-16)29(25,26)27-20-10-6-5-7-17(20)15-22-24-21(28)23-18-8-3-2-4-9-18/h2-15H,1H3,(H2,23,24,28)/b22-15+. The molecule has 0 bridgehead atoms.